The number of carbonyl (C=O) groups excluding carboxylic acids is 1. The molecule has 3 aromatic carbocycles. The molecule has 0 unspecified atom stereocenters. The normalized spacial score (nSPS) is 16.9. The van der Waals surface area contributed by atoms with Crippen molar-refractivity contribution >= 4 is 11.9 Å². The smallest absolute Gasteiger partial charge is 0.232 e. The van der Waals surface area contributed by atoms with Gasteiger partial charge < -0.3 is 28.4 Å². The van der Waals surface area contributed by atoms with Crippen LogP contribution in [0, 0.1) is 6.92 Å². The Kier molecular flexibility index (Phi) is 5.45. The van der Waals surface area contributed by atoms with Crippen molar-refractivity contribution in [2.45, 2.75) is 20.0 Å². The number of rotatable bonds is 5. The molecule has 3 aliphatic heterocycles. The third kappa shape index (κ3) is 3.79. The molecule has 8 nitrogen and oxygen atoms in total. The van der Waals surface area contributed by atoms with Crippen LogP contribution in [0.3, 0.4) is 0 Å². The van der Waals surface area contributed by atoms with Gasteiger partial charge in [-0.05, 0) is 60.0 Å². The topological polar surface area (TPSA) is 75.7 Å². The Labute approximate surface area is 208 Å². The number of ether oxygens (including phenoxy) is 6. The van der Waals surface area contributed by atoms with Gasteiger partial charge in [0.25, 0.3) is 0 Å². The van der Waals surface area contributed by atoms with Crippen molar-refractivity contribution in [2.75, 3.05) is 27.7 Å². The summed E-state index contributed by atoms with van der Waals surface area (Å²) in [7, 11) is 3.24. The molecule has 0 aromatic heterocycles. The second-order valence-electron chi connectivity index (χ2n) is 8.88. The summed E-state index contributed by atoms with van der Waals surface area (Å²) in [5, 5.41) is 0. The molecular weight excluding hydrogens is 462 g/mol. The fourth-order valence-corrected chi connectivity index (χ4v) is 4.77. The minimum Gasteiger partial charge on any atom is -0.493 e. The molecule has 0 spiro atoms. The largest absolute Gasteiger partial charge is 0.493 e. The molecular formula is C28H25NO7. The van der Waals surface area contributed by atoms with Crippen molar-refractivity contribution in [3.05, 3.63) is 76.0 Å². The third-order valence-corrected chi connectivity index (χ3v) is 6.54. The summed E-state index contributed by atoms with van der Waals surface area (Å²) in [5.74, 6) is 4.15. The number of methoxy groups -OCH3 is 2. The van der Waals surface area contributed by atoms with E-state index >= 15 is 0 Å². The second kappa shape index (κ2) is 8.80. The Morgan fingerprint density at radius 2 is 1.78 bits per heavy atom. The van der Waals surface area contributed by atoms with E-state index in [4.69, 9.17) is 28.4 Å². The van der Waals surface area contributed by atoms with Gasteiger partial charge in [-0.2, -0.15) is 0 Å². The number of nitrogens with zero attached hydrogens (tertiary/aromatic N) is 1. The molecule has 8 heteroatoms. The summed E-state index contributed by atoms with van der Waals surface area (Å²) in [4.78, 5) is 15.5. The Morgan fingerprint density at radius 1 is 0.944 bits per heavy atom. The number of hydrogen-bond acceptors (Lipinski definition) is 8. The molecule has 0 amide bonds. The average molecular weight is 488 g/mol. The van der Waals surface area contributed by atoms with E-state index in [9.17, 15) is 4.79 Å². The Bertz CT molecular complexity index is 1410. The summed E-state index contributed by atoms with van der Waals surface area (Å²) in [6.45, 7) is 3.74. The van der Waals surface area contributed by atoms with E-state index in [1.165, 1.54) is 0 Å². The lowest BCUT2D eigenvalue weighted by Crippen LogP contribution is -2.31. The zero-order valence-electron chi connectivity index (χ0n) is 20.3. The van der Waals surface area contributed by atoms with Gasteiger partial charge in [-0.1, -0.05) is 12.1 Å². The SMILES string of the molecule is COc1ccc(CN2COc3cc(C)c4c(c3C2)O/C(=C\c2ccc3c(c2)OCO3)C4=O)cc1OC. The quantitative estimate of drug-likeness (QED) is 0.479. The Balaban J connectivity index is 1.28. The molecule has 0 N–H and O–H groups in total. The maximum atomic E-state index is 13.3. The highest BCUT2D eigenvalue weighted by molar-refractivity contribution is 6.16. The van der Waals surface area contributed by atoms with Gasteiger partial charge in [-0.3, -0.25) is 9.69 Å². The summed E-state index contributed by atoms with van der Waals surface area (Å²) in [6, 6.07) is 13.3. The van der Waals surface area contributed by atoms with Crippen LogP contribution in [0.25, 0.3) is 6.08 Å². The van der Waals surface area contributed by atoms with Gasteiger partial charge in [-0.15, -0.1) is 0 Å². The second-order valence-corrected chi connectivity index (χ2v) is 8.88. The van der Waals surface area contributed by atoms with Gasteiger partial charge in [-0.25, -0.2) is 0 Å². The predicted octanol–water partition coefficient (Wildman–Crippen LogP) is 4.71. The molecule has 36 heavy (non-hydrogen) atoms. The van der Waals surface area contributed by atoms with Crippen LogP contribution in [-0.2, 0) is 13.1 Å². The van der Waals surface area contributed by atoms with E-state index < -0.39 is 0 Å². The number of Topliss-reactive ketones (excluding diaryl/α,β-unsaturated/α-hetero) is 1. The molecule has 0 bridgehead atoms. The number of aryl methyl sites for hydroxylation is 1. The van der Waals surface area contributed by atoms with Crippen LogP contribution in [0.15, 0.2) is 48.2 Å². The van der Waals surface area contributed by atoms with E-state index in [1.54, 1.807) is 20.3 Å². The van der Waals surface area contributed by atoms with Crippen molar-refractivity contribution < 1.29 is 33.2 Å². The lowest BCUT2D eigenvalue weighted by atomic mass is 9.98. The number of ketones is 1. The molecule has 0 radical (unpaired) electrons. The highest BCUT2D eigenvalue weighted by Gasteiger charge is 2.35. The Morgan fingerprint density at radius 3 is 2.61 bits per heavy atom. The molecule has 0 saturated carbocycles. The number of allylic oxidation sites excluding steroid dienone is 1. The highest BCUT2D eigenvalue weighted by Crippen LogP contribution is 2.44. The molecule has 3 heterocycles. The van der Waals surface area contributed by atoms with E-state index in [2.05, 4.69) is 4.90 Å². The van der Waals surface area contributed by atoms with E-state index in [0.29, 0.717) is 54.1 Å². The maximum absolute atomic E-state index is 13.3. The van der Waals surface area contributed by atoms with Gasteiger partial charge in [0, 0.05) is 13.1 Å². The van der Waals surface area contributed by atoms with Gasteiger partial charge in [0.1, 0.15) is 18.2 Å². The van der Waals surface area contributed by atoms with Crippen LogP contribution in [0.5, 0.6) is 34.5 Å². The fraction of sp³-hybridized carbons (Fsp3) is 0.250. The third-order valence-electron chi connectivity index (χ3n) is 6.54. The van der Waals surface area contributed by atoms with Crippen LogP contribution in [0.4, 0.5) is 0 Å². The zero-order chi connectivity index (χ0) is 24.8. The fourth-order valence-electron chi connectivity index (χ4n) is 4.77. The highest BCUT2D eigenvalue weighted by atomic mass is 16.7. The van der Waals surface area contributed by atoms with Crippen LogP contribution in [-0.4, -0.2) is 38.4 Å². The maximum Gasteiger partial charge on any atom is 0.232 e. The first-order valence-corrected chi connectivity index (χ1v) is 11.6. The van der Waals surface area contributed by atoms with E-state index in [1.807, 2.05) is 49.4 Å². The van der Waals surface area contributed by atoms with Gasteiger partial charge >= 0.3 is 0 Å². The van der Waals surface area contributed by atoms with Crippen molar-refractivity contribution in [2.24, 2.45) is 0 Å². The van der Waals surface area contributed by atoms with Crippen LogP contribution >= 0.6 is 0 Å². The molecule has 0 atom stereocenters. The van der Waals surface area contributed by atoms with E-state index in [0.717, 1.165) is 28.0 Å². The minimum atomic E-state index is -0.139. The first-order valence-electron chi connectivity index (χ1n) is 11.6. The summed E-state index contributed by atoms with van der Waals surface area (Å²) < 4.78 is 33.9. The standard InChI is InChI=1S/C28H25NO7/c1-16-8-22-19(13-29(14-33-22)12-18-5-6-20(31-2)23(11-18)32-3)28-26(16)27(30)25(36-28)10-17-4-7-21-24(9-17)35-15-34-21/h4-11H,12-15H2,1-3H3/b25-10-. The van der Waals surface area contributed by atoms with Crippen molar-refractivity contribution in [1.29, 1.82) is 0 Å². The first-order chi connectivity index (χ1) is 17.5. The summed E-state index contributed by atoms with van der Waals surface area (Å²) in [6.07, 6.45) is 1.74. The molecule has 184 valence electrons. The monoisotopic (exact) mass is 487 g/mol. The van der Waals surface area contributed by atoms with Crippen molar-refractivity contribution in [3.8, 4) is 34.5 Å². The molecule has 0 aliphatic carbocycles. The summed E-state index contributed by atoms with van der Waals surface area (Å²) in [5.41, 5.74) is 4.13. The van der Waals surface area contributed by atoms with Crippen LogP contribution < -0.4 is 28.4 Å². The van der Waals surface area contributed by atoms with Gasteiger partial charge in [0.15, 0.2) is 28.8 Å². The Hall–Kier alpha value is -4.17. The molecule has 3 aromatic rings. The molecule has 3 aliphatic rings. The zero-order valence-corrected chi connectivity index (χ0v) is 20.3. The van der Waals surface area contributed by atoms with Gasteiger partial charge in [0.2, 0.25) is 12.6 Å². The molecule has 0 fully saturated rings. The number of fused-ring (bicyclic) bond motifs is 4. The summed E-state index contributed by atoms with van der Waals surface area (Å²) >= 11 is 0. The number of benzene rings is 3. The lowest BCUT2D eigenvalue weighted by molar-refractivity contribution is 0.0871. The minimum absolute atomic E-state index is 0.139. The molecule has 6 rings (SSSR count). The van der Waals surface area contributed by atoms with E-state index in [-0.39, 0.29) is 18.3 Å². The predicted molar refractivity (Wildman–Crippen MR) is 131 cm³/mol. The van der Waals surface area contributed by atoms with Gasteiger partial charge in [0.05, 0.1) is 25.3 Å². The van der Waals surface area contributed by atoms with Crippen molar-refractivity contribution in [1.82, 2.24) is 4.90 Å². The number of hydrogen-bond donors (Lipinski definition) is 0. The number of carbonyl (C=O) groups is 1. The molecule has 0 saturated heterocycles. The first kappa shape index (κ1) is 22.3. The average Bonchev–Trinajstić information content (AvgIpc) is 3.49. The lowest BCUT2D eigenvalue weighted by Gasteiger charge is -2.30. The van der Waals surface area contributed by atoms with Crippen molar-refractivity contribution in [3.63, 3.8) is 0 Å². The van der Waals surface area contributed by atoms with Crippen LogP contribution in [0.1, 0.15) is 32.6 Å². The van der Waals surface area contributed by atoms with Crippen LogP contribution in [0.2, 0.25) is 0 Å².